The number of hydrogen-bond acceptors (Lipinski definition) is 6. The first kappa shape index (κ1) is 18.9. The molecule has 1 aliphatic rings. The fourth-order valence-electron chi connectivity index (χ4n) is 3.37. The van der Waals surface area contributed by atoms with Gasteiger partial charge < -0.3 is 19.1 Å². The van der Waals surface area contributed by atoms with Gasteiger partial charge in [-0.3, -0.25) is 4.79 Å². The Kier molecular flexibility index (Phi) is 5.43. The molecule has 1 amide bonds. The van der Waals surface area contributed by atoms with Crippen LogP contribution in [0.15, 0.2) is 24.4 Å². The van der Waals surface area contributed by atoms with E-state index in [1.165, 1.54) is 7.11 Å². The molecule has 1 saturated heterocycles. The predicted molar refractivity (Wildman–Crippen MR) is 101 cm³/mol. The highest BCUT2D eigenvalue weighted by Crippen LogP contribution is 2.22. The molecule has 3 heterocycles. The summed E-state index contributed by atoms with van der Waals surface area (Å²) in [6.45, 7) is 3.50. The van der Waals surface area contributed by atoms with Crippen molar-refractivity contribution in [1.29, 1.82) is 0 Å². The predicted octanol–water partition coefficient (Wildman–Crippen LogP) is 1.65. The van der Waals surface area contributed by atoms with E-state index in [9.17, 15) is 9.59 Å². The van der Waals surface area contributed by atoms with Gasteiger partial charge in [-0.2, -0.15) is 0 Å². The van der Waals surface area contributed by atoms with Gasteiger partial charge in [-0.25, -0.2) is 14.8 Å². The van der Waals surface area contributed by atoms with Crippen LogP contribution in [0.1, 0.15) is 39.6 Å². The Morgan fingerprint density at radius 2 is 1.93 bits per heavy atom. The quantitative estimate of drug-likeness (QED) is 0.761. The van der Waals surface area contributed by atoms with Gasteiger partial charge in [0.2, 0.25) is 5.82 Å². The van der Waals surface area contributed by atoms with E-state index in [0.717, 1.165) is 31.6 Å². The van der Waals surface area contributed by atoms with Crippen LogP contribution in [0.2, 0.25) is 0 Å². The third kappa shape index (κ3) is 3.79. The first-order chi connectivity index (χ1) is 12.9. The second kappa shape index (κ2) is 7.77. The van der Waals surface area contributed by atoms with Gasteiger partial charge in [0.05, 0.1) is 7.11 Å². The average Bonchev–Trinajstić information content (AvgIpc) is 3.05. The Labute approximate surface area is 158 Å². The van der Waals surface area contributed by atoms with Crippen LogP contribution in [0, 0.1) is 6.92 Å². The molecule has 0 spiro atoms. The van der Waals surface area contributed by atoms with Crippen molar-refractivity contribution in [2.75, 3.05) is 32.1 Å². The van der Waals surface area contributed by atoms with Crippen molar-refractivity contribution in [3.63, 3.8) is 0 Å². The second-order valence-corrected chi connectivity index (χ2v) is 6.78. The lowest BCUT2D eigenvalue weighted by molar-refractivity contribution is 0.0586. The van der Waals surface area contributed by atoms with Crippen LogP contribution < -0.4 is 4.90 Å². The van der Waals surface area contributed by atoms with Crippen molar-refractivity contribution < 1.29 is 14.3 Å². The zero-order chi connectivity index (χ0) is 19.6. The molecule has 1 fully saturated rings. The van der Waals surface area contributed by atoms with Crippen molar-refractivity contribution in [1.82, 2.24) is 19.4 Å². The Hall–Kier alpha value is -2.90. The molecule has 0 aromatic carbocycles. The van der Waals surface area contributed by atoms with Crippen LogP contribution in [0.3, 0.4) is 0 Å². The Morgan fingerprint density at radius 1 is 1.22 bits per heavy atom. The number of carbonyl (C=O) groups excluding carboxylic acids is 2. The molecule has 2 aromatic heterocycles. The fraction of sp³-hybridized carbons (Fsp3) is 0.474. The number of nitrogens with zero attached hydrogens (tertiary/aromatic N) is 5. The third-order valence-corrected chi connectivity index (χ3v) is 5.26. The number of carbonyl (C=O) groups is 2. The minimum atomic E-state index is -0.546. The van der Waals surface area contributed by atoms with E-state index in [4.69, 9.17) is 0 Å². The minimum Gasteiger partial charge on any atom is -0.463 e. The van der Waals surface area contributed by atoms with Crippen molar-refractivity contribution in [3.8, 4) is 0 Å². The molecule has 0 radical (unpaired) electrons. The highest BCUT2D eigenvalue weighted by molar-refractivity contribution is 5.93. The van der Waals surface area contributed by atoms with Gasteiger partial charge in [0, 0.05) is 45.1 Å². The largest absolute Gasteiger partial charge is 0.463 e. The third-order valence-electron chi connectivity index (χ3n) is 5.26. The summed E-state index contributed by atoms with van der Waals surface area (Å²) in [5.41, 5.74) is 1.77. The first-order valence-corrected chi connectivity index (χ1v) is 8.98. The molecule has 0 unspecified atom stereocenters. The van der Waals surface area contributed by atoms with Crippen molar-refractivity contribution in [2.24, 2.45) is 7.05 Å². The number of amides is 1. The monoisotopic (exact) mass is 371 g/mol. The maximum atomic E-state index is 12.8. The number of anilines is 1. The molecule has 2 aromatic rings. The van der Waals surface area contributed by atoms with E-state index in [2.05, 4.69) is 19.6 Å². The molecule has 0 saturated carbocycles. The first-order valence-electron chi connectivity index (χ1n) is 8.98. The fourth-order valence-corrected chi connectivity index (χ4v) is 3.37. The normalized spacial score (nSPS) is 14.9. The van der Waals surface area contributed by atoms with Gasteiger partial charge in [0.25, 0.3) is 5.91 Å². The van der Waals surface area contributed by atoms with Gasteiger partial charge in [-0.1, -0.05) is 0 Å². The topological polar surface area (TPSA) is 80.6 Å². The summed E-state index contributed by atoms with van der Waals surface area (Å²) >= 11 is 0. The number of methoxy groups -OCH3 is 1. The number of rotatable bonds is 4. The Morgan fingerprint density at radius 3 is 2.52 bits per heavy atom. The summed E-state index contributed by atoms with van der Waals surface area (Å²) in [6.07, 6.45) is 3.24. The van der Waals surface area contributed by atoms with E-state index >= 15 is 0 Å². The number of aromatic nitrogens is 3. The van der Waals surface area contributed by atoms with E-state index < -0.39 is 5.97 Å². The SMILES string of the molecule is COC(=O)c1nccc(N2CCC(N(C)C(=O)c3ccc(C)n3C)CC2)n1. The lowest BCUT2D eigenvalue weighted by Gasteiger charge is -2.37. The molecule has 0 atom stereocenters. The maximum Gasteiger partial charge on any atom is 0.376 e. The molecule has 1 aliphatic heterocycles. The average molecular weight is 371 g/mol. The zero-order valence-electron chi connectivity index (χ0n) is 16.2. The molecular weight excluding hydrogens is 346 g/mol. The molecule has 8 heteroatoms. The van der Waals surface area contributed by atoms with E-state index in [1.54, 1.807) is 12.3 Å². The molecule has 27 heavy (non-hydrogen) atoms. The van der Waals surface area contributed by atoms with Crippen molar-refractivity contribution >= 4 is 17.7 Å². The minimum absolute atomic E-state index is 0.0408. The smallest absolute Gasteiger partial charge is 0.376 e. The maximum absolute atomic E-state index is 12.8. The molecule has 3 rings (SSSR count). The summed E-state index contributed by atoms with van der Waals surface area (Å²) in [7, 11) is 5.09. The van der Waals surface area contributed by atoms with Gasteiger partial charge >= 0.3 is 5.97 Å². The molecule has 0 N–H and O–H groups in total. The van der Waals surface area contributed by atoms with Crippen LogP contribution in [0.4, 0.5) is 5.82 Å². The molecule has 0 bridgehead atoms. The summed E-state index contributed by atoms with van der Waals surface area (Å²) in [5.74, 6) is 0.258. The summed E-state index contributed by atoms with van der Waals surface area (Å²) in [4.78, 5) is 36.6. The van der Waals surface area contributed by atoms with Crippen LogP contribution in [-0.4, -0.2) is 64.6 Å². The lowest BCUT2D eigenvalue weighted by Crippen LogP contribution is -2.46. The van der Waals surface area contributed by atoms with Crippen molar-refractivity contribution in [2.45, 2.75) is 25.8 Å². The van der Waals surface area contributed by atoms with E-state index in [1.807, 2.05) is 42.6 Å². The molecule has 144 valence electrons. The second-order valence-electron chi connectivity index (χ2n) is 6.78. The number of aryl methyl sites for hydroxylation is 1. The Balaban J connectivity index is 1.64. The number of piperidine rings is 1. The molecule has 0 aliphatic carbocycles. The standard InChI is InChI=1S/C19H25N5O3/c1-13-5-6-15(22(13)2)18(25)23(3)14-8-11-24(12-9-14)16-7-10-20-17(21-16)19(26)27-4/h5-7,10,14H,8-9,11-12H2,1-4H3. The van der Waals surface area contributed by atoms with Crippen molar-refractivity contribution in [3.05, 3.63) is 41.6 Å². The van der Waals surface area contributed by atoms with Gasteiger partial charge in [-0.15, -0.1) is 0 Å². The van der Waals surface area contributed by atoms with Crippen LogP contribution >= 0.6 is 0 Å². The van der Waals surface area contributed by atoms with Crippen LogP contribution in [0.25, 0.3) is 0 Å². The molecule has 8 nitrogen and oxygen atoms in total. The van der Waals surface area contributed by atoms with Gasteiger partial charge in [0.15, 0.2) is 0 Å². The number of ether oxygens (including phenoxy) is 1. The highest BCUT2D eigenvalue weighted by atomic mass is 16.5. The number of hydrogen-bond donors (Lipinski definition) is 0. The zero-order valence-corrected chi connectivity index (χ0v) is 16.2. The van der Waals surface area contributed by atoms with Gasteiger partial charge in [0.1, 0.15) is 11.5 Å². The molecular formula is C19H25N5O3. The van der Waals surface area contributed by atoms with Crippen LogP contribution in [-0.2, 0) is 11.8 Å². The van der Waals surface area contributed by atoms with E-state index in [0.29, 0.717) is 11.5 Å². The lowest BCUT2D eigenvalue weighted by atomic mass is 10.0. The highest BCUT2D eigenvalue weighted by Gasteiger charge is 2.28. The van der Waals surface area contributed by atoms with Gasteiger partial charge in [-0.05, 0) is 38.0 Å². The summed E-state index contributed by atoms with van der Waals surface area (Å²) in [6, 6.07) is 5.79. The van der Waals surface area contributed by atoms with Crippen LogP contribution in [0.5, 0.6) is 0 Å². The number of esters is 1. The van der Waals surface area contributed by atoms with E-state index in [-0.39, 0.29) is 17.8 Å². The Bertz CT molecular complexity index is 840. The summed E-state index contributed by atoms with van der Waals surface area (Å²) in [5, 5.41) is 0. The summed E-state index contributed by atoms with van der Waals surface area (Å²) < 4.78 is 6.60.